The Morgan fingerprint density at radius 2 is 2.11 bits per heavy atom. The van der Waals surface area contributed by atoms with Gasteiger partial charge < -0.3 is 15.4 Å². The molecule has 0 unspecified atom stereocenters. The number of hydrogen-bond donors (Lipinski definition) is 2. The maximum absolute atomic E-state index is 11.9. The molecule has 0 heterocycles. The third-order valence-electron chi connectivity index (χ3n) is 2.09. The van der Waals surface area contributed by atoms with Crippen LogP contribution < -0.4 is 15.4 Å². The number of carbonyl (C=O) groups excluding carboxylic acids is 1. The molecular weight excluding hydrogens is 285 g/mol. The van der Waals surface area contributed by atoms with Gasteiger partial charge in [-0.05, 0) is 12.1 Å². The minimum Gasteiger partial charge on any atom is -0.495 e. The first-order chi connectivity index (χ1) is 8.81. The number of carbonyl (C=O) groups is 1. The molecule has 0 aliphatic rings. The third kappa shape index (κ3) is 5.69. The molecule has 0 aliphatic heterocycles. The van der Waals surface area contributed by atoms with E-state index in [4.69, 9.17) is 16.3 Å². The molecule has 1 aromatic carbocycles. The second-order valence-corrected chi connectivity index (χ2v) is 4.00. The lowest BCUT2D eigenvalue weighted by molar-refractivity contribution is -0.137. The molecule has 106 valence electrons. The first-order valence-corrected chi connectivity index (χ1v) is 5.60. The number of nitrogens with one attached hydrogen (secondary N) is 2. The van der Waals surface area contributed by atoms with Crippen molar-refractivity contribution in [2.75, 3.05) is 25.5 Å². The van der Waals surface area contributed by atoms with Gasteiger partial charge in [-0.3, -0.25) is 4.79 Å². The molecule has 19 heavy (non-hydrogen) atoms. The van der Waals surface area contributed by atoms with Crippen LogP contribution in [-0.2, 0) is 4.79 Å². The van der Waals surface area contributed by atoms with Gasteiger partial charge in [0.1, 0.15) is 12.3 Å². The molecule has 0 saturated carbocycles. The summed E-state index contributed by atoms with van der Waals surface area (Å²) in [5.74, 6) is -0.353. The van der Waals surface area contributed by atoms with E-state index < -0.39 is 18.6 Å². The largest absolute Gasteiger partial charge is 0.495 e. The average Bonchev–Trinajstić information content (AvgIpc) is 2.34. The molecule has 0 saturated heterocycles. The van der Waals surface area contributed by atoms with Crippen molar-refractivity contribution >= 4 is 23.2 Å². The molecule has 4 nitrogen and oxygen atoms in total. The molecule has 1 rings (SSSR count). The maximum Gasteiger partial charge on any atom is 0.405 e. The summed E-state index contributed by atoms with van der Waals surface area (Å²) >= 11 is 5.80. The quantitative estimate of drug-likeness (QED) is 0.877. The van der Waals surface area contributed by atoms with Crippen molar-refractivity contribution < 1.29 is 22.7 Å². The Morgan fingerprint density at radius 1 is 1.42 bits per heavy atom. The van der Waals surface area contributed by atoms with Crippen LogP contribution in [0.2, 0.25) is 5.02 Å². The van der Waals surface area contributed by atoms with Gasteiger partial charge in [0, 0.05) is 11.8 Å². The van der Waals surface area contributed by atoms with Gasteiger partial charge in [0.15, 0.2) is 0 Å². The molecule has 1 amide bonds. The second-order valence-electron chi connectivity index (χ2n) is 3.59. The molecule has 2 N–H and O–H groups in total. The predicted molar refractivity (Wildman–Crippen MR) is 65.6 cm³/mol. The van der Waals surface area contributed by atoms with Gasteiger partial charge in [0.2, 0.25) is 5.91 Å². The van der Waals surface area contributed by atoms with Crippen molar-refractivity contribution in [3.8, 4) is 5.75 Å². The molecule has 0 spiro atoms. The fourth-order valence-electron chi connectivity index (χ4n) is 1.21. The summed E-state index contributed by atoms with van der Waals surface area (Å²) in [6.45, 7) is -1.63. The number of alkyl halides is 3. The summed E-state index contributed by atoms with van der Waals surface area (Å²) in [6.07, 6.45) is -4.42. The lowest BCUT2D eigenvalue weighted by Gasteiger charge is -2.11. The lowest BCUT2D eigenvalue weighted by atomic mass is 10.3. The van der Waals surface area contributed by atoms with Gasteiger partial charge in [-0.25, -0.2) is 0 Å². The highest BCUT2D eigenvalue weighted by atomic mass is 35.5. The van der Waals surface area contributed by atoms with Crippen molar-refractivity contribution in [3.05, 3.63) is 23.2 Å². The second kappa shape index (κ2) is 6.51. The molecule has 1 aromatic rings. The van der Waals surface area contributed by atoms with Crippen LogP contribution in [0.15, 0.2) is 18.2 Å². The standard InChI is InChI=1S/C11H12ClF3N2O2/c1-19-9-4-7(2-3-8(9)12)16-5-10(18)17-6-11(13,14)15/h2-4,16H,5-6H2,1H3,(H,17,18). The Bertz CT molecular complexity index is 452. The molecule has 0 aliphatic carbocycles. The average molecular weight is 297 g/mol. The highest BCUT2D eigenvalue weighted by Gasteiger charge is 2.27. The fourth-order valence-corrected chi connectivity index (χ4v) is 1.41. The fraction of sp³-hybridized carbons (Fsp3) is 0.364. The highest BCUT2D eigenvalue weighted by Crippen LogP contribution is 2.27. The van der Waals surface area contributed by atoms with Crippen LogP contribution in [0.1, 0.15) is 0 Å². The minimum absolute atomic E-state index is 0.277. The number of benzene rings is 1. The first kappa shape index (κ1) is 15.4. The zero-order chi connectivity index (χ0) is 14.5. The van der Waals surface area contributed by atoms with Crippen LogP contribution in [0.4, 0.5) is 18.9 Å². The normalized spacial score (nSPS) is 11.0. The van der Waals surface area contributed by atoms with Gasteiger partial charge in [0.05, 0.1) is 18.7 Å². The molecular formula is C11H12ClF3N2O2. The third-order valence-corrected chi connectivity index (χ3v) is 2.40. The zero-order valence-corrected chi connectivity index (χ0v) is 10.7. The number of halogens is 4. The topological polar surface area (TPSA) is 50.4 Å². The highest BCUT2D eigenvalue weighted by molar-refractivity contribution is 6.32. The van der Waals surface area contributed by atoms with Crippen LogP contribution in [0.5, 0.6) is 5.75 Å². The Labute approximate surface area is 112 Å². The van der Waals surface area contributed by atoms with Crippen LogP contribution in [-0.4, -0.2) is 32.3 Å². The van der Waals surface area contributed by atoms with Gasteiger partial charge in [-0.15, -0.1) is 0 Å². The molecule has 0 bridgehead atoms. The number of anilines is 1. The summed E-state index contributed by atoms with van der Waals surface area (Å²) < 4.78 is 40.5. The summed E-state index contributed by atoms with van der Waals surface area (Å²) in [4.78, 5) is 11.2. The summed E-state index contributed by atoms with van der Waals surface area (Å²) in [7, 11) is 1.43. The van der Waals surface area contributed by atoms with Crippen molar-refractivity contribution in [2.24, 2.45) is 0 Å². The Morgan fingerprint density at radius 3 is 2.68 bits per heavy atom. The van der Waals surface area contributed by atoms with E-state index in [1.165, 1.54) is 7.11 Å². The molecule has 0 fully saturated rings. The molecule has 0 atom stereocenters. The van der Waals surface area contributed by atoms with E-state index in [9.17, 15) is 18.0 Å². The number of ether oxygens (including phenoxy) is 1. The summed E-state index contributed by atoms with van der Waals surface area (Å²) in [6, 6.07) is 4.68. The van der Waals surface area contributed by atoms with E-state index in [-0.39, 0.29) is 6.54 Å². The molecule has 8 heteroatoms. The molecule has 0 radical (unpaired) electrons. The monoisotopic (exact) mass is 296 g/mol. The lowest BCUT2D eigenvalue weighted by Crippen LogP contribution is -2.37. The Balaban J connectivity index is 2.46. The van der Waals surface area contributed by atoms with E-state index in [0.29, 0.717) is 16.5 Å². The van der Waals surface area contributed by atoms with E-state index in [1.807, 2.05) is 0 Å². The van der Waals surface area contributed by atoms with Crippen molar-refractivity contribution in [2.45, 2.75) is 6.18 Å². The first-order valence-electron chi connectivity index (χ1n) is 5.22. The van der Waals surface area contributed by atoms with Crippen LogP contribution in [0, 0.1) is 0 Å². The van der Waals surface area contributed by atoms with Crippen molar-refractivity contribution in [1.82, 2.24) is 5.32 Å². The predicted octanol–water partition coefficient (Wildman–Crippen LogP) is 2.44. The van der Waals surface area contributed by atoms with Gasteiger partial charge in [0.25, 0.3) is 0 Å². The van der Waals surface area contributed by atoms with E-state index >= 15 is 0 Å². The number of methoxy groups -OCH3 is 1. The SMILES string of the molecule is COc1cc(NCC(=O)NCC(F)(F)F)ccc1Cl. The van der Waals surface area contributed by atoms with E-state index in [0.717, 1.165) is 0 Å². The van der Waals surface area contributed by atoms with E-state index in [1.54, 1.807) is 23.5 Å². The number of rotatable bonds is 5. The van der Waals surface area contributed by atoms with Crippen molar-refractivity contribution in [3.63, 3.8) is 0 Å². The molecule has 0 aromatic heterocycles. The van der Waals surface area contributed by atoms with Crippen LogP contribution in [0.25, 0.3) is 0 Å². The maximum atomic E-state index is 11.9. The minimum atomic E-state index is -4.42. The van der Waals surface area contributed by atoms with Crippen molar-refractivity contribution in [1.29, 1.82) is 0 Å². The Hall–Kier alpha value is -1.63. The smallest absolute Gasteiger partial charge is 0.405 e. The Kier molecular flexibility index (Phi) is 5.29. The van der Waals surface area contributed by atoms with Crippen LogP contribution >= 0.6 is 11.6 Å². The van der Waals surface area contributed by atoms with Crippen LogP contribution in [0.3, 0.4) is 0 Å². The van der Waals surface area contributed by atoms with Gasteiger partial charge >= 0.3 is 6.18 Å². The van der Waals surface area contributed by atoms with Gasteiger partial charge in [-0.2, -0.15) is 13.2 Å². The van der Waals surface area contributed by atoms with E-state index in [2.05, 4.69) is 5.32 Å². The summed E-state index contributed by atoms with van der Waals surface area (Å²) in [5.41, 5.74) is 0.517. The van der Waals surface area contributed by atoms with Gasteiger partial charge in [-0.1, -0.05) is 11.6 Å². The number of hydrogen-bond acceptors (Lipinski definition) is 3. The number of amides is 1. The zero-order valence-electron chi connectivity index (χ0n) is 9.97. The summed E-state index contributed by atoms with van der Waals surface area (Å²) in [5, 5.41) is 4.81.